The fraction of sp³-hybridized carbons (Fsp3) is 0.250. The Kier molecular flexibility index (Phi) is 4.45. The van der Waals surface area contributed by atoms with E-state index in [0.29, 0.717) is 10.9 Å². The van der Waals surface area contributed by atoms with Gasteiger partial charge < -0.3 is 0 Å². The number of hydrazine groups is 1. The van der Waals surface area contributed by atoms with E-state index in [4.69, 9.17) is 5.84 Å². The summed E-state index contributed by atoms with van der Waals surface area (Å²) in [7, 11) is 0. The SMILES string of the molecule is Cc1nc(C(Cc2ccc(F)c(Br)c2)NN)cs1. The summed E-state index contributed by atoms with van der Waals surface area (Å²) in [6, 6.07) is 4.90. The van der Waals surface area contributed by atoms with Crippen molar-refractivity contribution < 1.29 is 4.39 Å². The van der Waals surface area contributed by atoms with E-state index in [1.165, 1.54) is 6.07 Å². The minimum absolute atomic E-state index is 0.0627. The van der Waals surface area contributed by atoms with E-state index in [1.54, 1.807) is 23.5 Å². The highest BCUT2D eigenvalue weighted by molar-refractivity contribution is 9.10. The summed E-state index contributed by atoms with van der Waals surface area (Å²) in [6.45, 7) is 1.95. The topological polar surface area (TPSA) is 50.9 Å². The largest absolute Gasteiger partial charge is 0.271 e. The molecule has 1 aromatic heterocycles. The number of hydrogen-bond donors (Lipinski definition) is 2. The van der Waals surface area contributed by atoms with Crippen molar-refractivity contribution in [2.24, 2.45) is 5.84 Å². The number of nitrogens with two attached hydrogens (primary N) is 1. The molecule has 0 fully saturated rings. The average molecular weight is 330 g/mol. The molecule has 0 saturated carbocycles. The molecule has 0 aliphatic rings. The molecule has 6 heteroatoms. The van der Waals surface area contributed by atoms with Gasteiger partial charge >= 0.3 is 0 Å². The number of nitrogens with one attached hydrogen (secondary N) is 1. The Morgan fingerprint density at radius 2 is 2.33 bits per heavy atom. The molecule has 1 aromatic carbocycles. The van der Waals surface area contributed by atoms with Gasteiger partial charge in [-0.2, -0.15) is 0 Å². The Hall–Kier alpha value is -0.820. The lowest BCUT2D eigenvalue weighted by Gasteiger charge is -2.13. The Morgan fingerprint density at radius 3 is 2.89 bits per heavy atom. The zero-order valence-electron chi connectivity index (χ0n) is 9.78. The molecule has 1 atom stereocenters. The highest BCUT2D eigenvalue weighted by atomic mass is 79.9. The lowest BCUT2D eigenvalue weighted by molar-refractivity contribution is 0.539. The van der Waals surface area contributed by atoms with Crippen molar-refractivity contribution in [3.8, 4) is 0 Å². The van der Waals surface area contributed by atoms with Gasteiger partial charge in [0.05, 0.1) is 21.2 Å². The minimum atomic E-state index is -0.263. The van der Waals surface area contributed by atoms with E-state index >= 15 is 0 Å². The van der Waals surface area contributed by atoms with Crippen LogP contribution in [-0.4, -0.2) is 4.98 Å². The zero-order valence-corrected chi connectivity index (χ0v) is 12.2. The lowest BCUT2D eigenvalue weighted by Crippen LogP contribution is -2.29. The normalized spacial score (nSPS) is 12.7. The van der Waals surface area contributed by atoms with Gasteiger partial charge in [0.15, 0.2) is 0 Å². The number of aryl methyl sites for hydroxylation is 1. The number of thiazole rings is 1. The third-order valence-electron chi connectivity index (χ3n) is 2.62. The summed E-state index contributed by atoms with van der Waals surface area (Å²) in [4.78, 5) is 4.41. The quantitative estimate of drug-likeness (QED) is 0.669. The van der Waals surface area contributed by atoms with Gasteiger partial charge in [0.25, 0.3) is 0 Å². The maximum atomic E-state index is 13.1. The first-order valence-electron chi connectivity index (χ1n) is 5.42. The van der Waals surface area contributed by atoms with Gasteiger partial charge in [-0.15, -0.1) is 11.3 Å². The highest BCUT2D eigenvalue weighted by Gasteiger charge is 2.14. The third kappa shape index (κ3) is 3.14. The number of rotatable bonds is 4. The summed E-state index contributed by atoms with van der Waals surface area (Å²) in [5, 5.41) is 2.99. The molecular weight excluding hydrogens is 317 g/mol. The molecule has 0 saturated heterocycles. The molecule has 2 aromatic rings. The molecule has 0 bridgehead atoms. The standard InChI is InChI=1S/C12H13BrFN3S/c1-7-16-12(6-18-7)11(17-15)5-8-2-3-10(14)9(13)4-8/h2-4,6,11,17H,5,15H2,1H3. The van der Waals surface area contributed by atoms with Crippen LogP contribution in [0, 0.1) is 12.7 Å². The van der Waals surface area contributed by atoms with Crippen LogP contribution in [0.5, 0.6) is 0 Å². The number of benzene rings is 1. The molecule has 0 aliphatic carbocycles. The molecular formula is C12H13BrFN3S. The Labute approximate surface area is 117 Å². The van der Waals surface area contributed by atoms with Crippen LogP contribution in [0.15, 0.2) is 28.1 Å². The molecule has 1 heterocycles. The average Bonchev–Trinajstić information content (AvgIpc) is 2.77. The molecule has 1 unspecified atom stereocenters. The number of halogens is 2. The molecule has 3 N–H and O–H groups in total. The van der Waals surface area contributed by atoms with Crippen molar-refractivity contribution in [1.82, 2.24) is 10.4 Å². The molecule has 0 spiro atoms. The maximum absolute atomic E-state index is 13.1. The van der Waals surface area contributed by atoms with Crippen molar-refractivity contribution in [2.45, 2.75) is 19.4 Å². The minimum Gasteiger partial charge on any atom is -0.271 e. The first kappa shape index (κ1) is 13.6. The van der Waals surface area contributed by atoms with Gasteiger partial charge in [-0.05, 0) is 47.0 Å². The van der Waals surface area contributed by atoms with Crippen LogP contribution in [-0.2, 0) is 6.42 Å². The van der Waals surface area contributed by atoms with E-state index in [9.17, 15) is 4.39 Å². The third-order valence-corrected chi connectivity index (χ3v) is 4.02. The van der Waals surface area contributed by atoms with Crippen LogP contribution >= 0.6 is 27.3 Å². The van der Waals surface area contributed by atoms with Crippen LogP contribution in [0.4, 0.5) is 4.39 Å². The van der Waals surface area contributed by atoms with Crippen molar-refractivity contribution in [3.63, 3.8) is 0 Å². The van der Waals surface area contributed by atoms with Crippen molar-refractivity contribution in [3.05, 3.63) is 50.1 Å². The summed E-state index contributed by atoms with van der Waals surface area (Å²) < 4.78 is 13.6. The highest BCUT2D eigenvalue weighted by Crippen LogP contribution is 2.23. The van der Waals surface area contributed by atoms with Crippen LogP contribution in [0.2, 0.25) is 0 Å². The van der Waals surface area contributed by atoms with E-state index in [0.717, 1.165) is 16.3 Å². The Balaban J connectivity index is 2.17. The summed E-state index contributed by atoms with van der Waals surface area (Å²) in [5.74, 6) is 5.30. The van der Waals surface area contributed by atoms with Crippen molar-refractivity contribution in [2.75, 3.05) is 0 Å². The number of nitrogens with zero attached hydrogens (tertiary/aromatic N) is 1. The first-order chi connectivity index (χ1) is 8.60. The first-order valence-corrected chi connectivity index (χ1v) is 7.09. The van der Waals surface area contributed by atoms with Crippen LogP contribution < -0.4 is 11.3 Å². The maximum Gasteiger partial charge on any atom is 0.137 e. The molecule has 3 nitrogen and oxygen atoms in total. The Bertz CT molecular complexity index is 544. The molecule has 18 heavy (non-hydrogen) atoms. The second-order valence-corrected chi connectivity index (χ2v) is 5.88. The molecule has 0 aliphatic heterocycles. The van der Waals surface area contributed by atoms with Crippen molar-refractivity contribution >= 4 is 27.3 Å². The van der Waals surface area contributed by atoms with E-state index < -0.39 is 0 Å². The van der Waals surface area contributed by atoms with Crippen molar-refractivity contribution in [1.29, 1.82) is 0 Å². The second kappa shape index (κ2) is 5.88. The molecule has 0 radical (unpaired) electrons. The van der Waals surface area contributed by atoms with Gasteiger partial charge in [-0.25, -0.2) is 9.37 Å². The summed E-state index contributed by atoms with van der Waals surface area (Å²) >= 11 is 4.77. The number of aromatic nitrogens is 1. The summed E-state index contributed by atoms with van der Waals surface area (Å²) in [5.41, 5.74) is 4.66. The van der Waals surface area contributed by atoms with Gasteiger partial charge in [0.2, 0.25) is 0 Å². The van der Waals surface area contributed by atoms with Gasteiger partial charge in [-0.3, -0.25) is 11.3 Å². The second-order valence-electron chi connectivity index (χ2n) is 3.96. The van der Waals surface area contributed by atoms with E-state index in [1.807, 2.05) is 12.3 Å². The summed E-state index contributed by atoms with van der Waals surface area (Å²) in [6.07, 6.45) is 0.665. The molecule has 2 rings (SSSR count). The fourth-order valence-electron chi connectivity index (χ4n) is 1.69. The fourth-order valence-corrected chi connectivity index (χ4v) is 2.78. The van der Waals surface area contributed by atoms with E-state index in [2.05, 4.69) is 26.3 Å². The van der Waals surface area contributed by atoms with Gasteiger partial charge in [0, 0.05) is 5.38 Å². The predicted molar refractivity (Wildman–Crippen MR) is 74.7 cm³/mol. The van der Waals surface area contributed by atoms with Gasteiger partial charge in [-0.1, -0.05) is 6.07 Å². The van der Waals surface area contributed by atoms with Gasteiger partial charge in [0.1, 0.15) is 5.82 Å². The van der Waals surface area contributed by atoms with Crippen LogP contribution in [0.1, 0.15) is 22.3 Å². The molecule has 96 valence electrons. The monoisotopic (exact) mass is 329 g/mol. The van der Waals surface area contributed by atoms with Crippen LogP contribution in [0.3, 0.4) is 0 Å². The van der Waals surface area contributed by atoms with E-state index in [-0.39, 0.29) is 11.9 Å². The predicted octanol–water partition coefficient (Wildman–Crippen LogP) is 3.10. The lowest BCUT2D eigenvalue weighted by atomic mass is 10.0. The molecule has 0 amide bonds. The van der Waals surface area contributed by atoms with Crippen LogP contribution in [0.25, 0.3) is 0 Å². The smallest absolute Gasteiger partial charge is 0.137 e. The Morgan fingerprint density at radius 1 is 1.56 bits per heavy atom. The number of hydrogen-bond acceptors (Lipinski definition) is 4. The zero-order chi connectivity index (χ0) is 13.1.